The van der Waals surface area contributed by atoms with Crippen molar-refractivity contribution < 1.29 is 4.79 Å². The summed E-state index contributed by atoms with van der Waals surface area (Å²) in [5.41, 5.74) is 6.05. The summed E-state index contributed by atoms with van der Waals surface area (Å²) < 4.78 is 4.06. The van der Waals surface area contributed by atoms with Crippen molar-refractivity contribution in [3.05, 3.63) is 83.9 Å². The molecule has 2 aromatic carbocycles. The van der Waals surface area contributed by atoms with Gasteiger partial charge in [-0.3, -0.25) is 14.2 Å². The number of aromatic nitrogens is 4. The molecule has 0 fully saturated rings. The summed E-state index contributed by atoms with van der Waals surface area (Å²) >= 11 is 0. The molecule has 3 aromatic heterocycles. The standard InChI is InChI=1S/C24H21N5O/c1-15-23(27-24(30)17-7-5-4-6-8-17)29-16(2)22(25-14-21(29)26-15)19-9-10-20-18(13-19)11-12-28(20)3/h4-14H,1-3H3,(H,27,30). The molecule has 6 heteroatoms. The highest BCUT2D eigenvalue weighted by atomic mass is 16.1. The fourth-order valence-electron chi connectivity index (χ4n) is 3.93. The molecule has 3 heterocycles. The summed E-state index contributed by atoms with van der Waals surface area (Å²) in [4.78, 5) is 22.0. The van der Waals surface area contributed by atoms with E-state index in [2.05, 4.69) is 44.1 Å². The van der Waals surface area contributed by atoms with Crippen molar-refractivity contribution in [1.82, 2.24) is 18.9 Å². The summed E-state index contributed by atoms with van der Waals surface area (Å²) in [5.74, 6) is 0.504. The van der Waals surface area contributed by atoms with Crippen molar-refractivity contribution in [2.75, 3.05) is 5.32 Å². The van der Waals surface area contributed by atoms with Gasteiger partial charge in [0.2, 0.25) is 0 Å². The molecule has 0 atom stereocenters. The van der Waals surface area contributed by atoms with Crippen molar-refractivity contribution in [1.29, 1.82) is 0 Å². The number of nitrogens with zero attached hydrogens (tertiary/aromatic N) is 4. The summed E-state index contributed by atoms with van der Waals surface area (Å²) in [6, 6.07) is 17.6. The number of nitrogens with one attached hydrogen (secondary N) is 1. The minimum absolute atomic E-state index is 0.163. The molecule has 1 N–H and O–H groups in total. The van der Waals surface area contributed by atoms with Gasteiger partial charge in [0, 0.05) is 41.0 Å². The topological polar surface area (TPSA) is 64.2 Å². The van der Waals surface area contributed by atoms with Gasteiger partial charge in [-0.2, -0.15) is 0 Å². The van der Waals surface area contributed by atoms with Crippen LogP contribution >= 0.6 is 0 Å². The van der Waals surface area contributed by atoms with E-state index in [0.29, 0.717) is 17.0 Å². The van der Waals surface area contributed by atoms with Crippen LogP contribution in [0.3, 0.4) is 0 Å². The number of imidazole rings is 1. The van der Waals surface area contributed by atoms with Crippen molar-refractivity contribution in [3.63, 3.8) is 0 Å². The fourth-order valence-corrected chi connectivity index (χ4v) is 3.93. The Balaban J connectivity index is 1.62. The Labute approximate surface area is 173 Å². The molecular formula is C24H21N5O. The number of aryl methyl sites for hydroxylation is 3. The molecule has 0 aliphatic carbocycles. The Morgan fingerprint density at radius 3 is 2.63 bits per heavy atom. The van der Waals surface area contributed by atoms with Crippen LogP contribution in [0, 0.1) is 13.8 Å². The number of hydrogen-bond donors (Lipinski definition) is 1. The van der Waals surface area contributed by atoms with E-state index in [0.717, 1.165) is 28.0 Å². The van der Waals surface area contributed by atoms with Crippen LogP contribution in [0.25, 0.3) is 27.8 Å². The van der Waals surface area contributed by atoms with Gasteiger partial charge in [0.1, 0.15) is 5.82 Å². The molecule has 0 saturated carbocycles. The fraction of sp³-hybridized carbons (Fsp3) is 0.125. The zero-order valence-corrected chi connectivity index (χ0v) is 17.0. The number of carbonyl (C=O) groups is 1. The molecule has 0 radical (unpaired) electrons. The first-order chi connectivity index (χ1) is 14.5. The lowest BCUT2D eigenvalue weighted by molar-refractivity contribution is 0.102. The number of benzene rings is 2. The van der Waals surface area contributed by atoms with Crippen molar-refractivity contribution in [2.45, 2.75) is 13.8 Å². The molecule has 0 bridgehead atoms. The third-order valence-corrected chi connectivity index (χ3v) is 5.49. The highest BCUT2D eigenvalue weighted by molar-refractivity contribution is 6.04. The predicted octanol–water partition coefficient (Wildman–Crippen LogP) is 4.76. The molecule has 0 spiro atoms. The average Bonchev–Trinajstić information content (AvgIpc) is 3.28. The largest absolute Gasteiger partial charge is 0.351 e. The quantitative estimate of drug-likeness (QED) is 0.479. The monoisotopic (exact) mass is 395 g/mol. The van der Waals surface area contributed by atoms with E-state index in [-0.39, 0.29) is 5.91 Å². The maximum absolute atomic E-state index is 12.8. The molecule has 0 unspecified atom stereocenters. The van der Waals surface area contributed by atoms with Gasteiger partial charge < -0.3 is 9.88 Å². The third kappa shape index (κ3) is 2.85. The van der Waals surface area contributed by atoms with E-state index in [1.165, 1.54) is 5.52 Å². The van der Waals surface area contributed by atoms with Crippen molar-refractivity contribution in [2.24, 2.45) is 7.05 Å². The van der Waals surface area contributed by atoms with Crippen LogP contribution in [-0.2, 0) is 7.05 Å². The summed E-state index contributed by atoms with van der Waals surface area (Å²) in [5, 5.41) is 4.20. The highest BCUT2D eigenvalue weighted by Gasteiger charge is 2.17. The number of hydrogen-bond acceptors (Lipinski definition) is 3. The lowest BCUT2D eigenvalue weighted by atomic mass is 10.1. The van der Waals surface area contributed by atoms with Crippen molar-refractivity contribution in [3.8, 4) is 11.3 Å². The third-order valence-electron chi connectivity index (χ3n) is 5.49. The Bertz CT molecular complexity index is 1410. The van der Waals surface area contributed by atoms with Crippen LogP contribution in [0.15, 0.2) is 67.0 Å². The summed E-state index contributed by atoms with van der Waals surface area (Å²) in [7, 11) is 2.04. The molecule has 1 amide bonds. The predicted molar refractivity (Wildman–Crippen MR) is 119 cm³/mol. The van der Waals surface area contributed by atoms with E-state index in [9.17, 15) is 4.79 Å². The number of rotatable bonds is 3. The second-order valence-corrected chi connectivity index (χ2v) is 7.45. The Morgan fingerprint density at radius 1 is 1.03 bits per heavy atom. The maximum Gasteiger partial charge on any atom is 0.256 e. The van der Waals surface area contributed by atoms with Gasteiger partial charge in [0.15, 0.2) is 5.65 Å². The molecule has 0 aliphatic rings. The smallest absolute Gasteiger partial charge is 0.256 e. The number of amides is 1. The van der Waals surface area contributed by atoms with Crippen LogP contribution < -0.4 is 5.32 Å². The van der Waals surface area contributed by atoms with Crippen LogP contribution in [-0.4, -0.2) is 24.8 Å². The molecule has 0 saturated heterocycles. The molecule has 148 valence electrons. The van der Waals surface area contributed by atoms with Gasteiger partial charge in [-0.1, -0.05) is 24.3 Å². The van der Waals surface area contributed by atoms with E-state index in [1.54, 1.807) is 18.3 Å². The van der Waals surface area contributed by atoms with Gasteiger partial charge in [-0.25, -0.2) is 4.98 Å². The van der Waals surface area contributed by atoms with Crippen LogP contribution in [0.1, 0.15) is 21.7 Å². The normalized spacial score (nSPS) is 11.3. The van der Waals surface area contributed by atoms with Gasteiger partial charge in [0.25, 0.3) is 5.91 Å². The molecule has 0 aliphatic heterocycles. The highest BCUT2D eigenvalue weighted by Crippen LogP contribution is 2.29. The van der Waals surface area contributed by atoms with E-state index in [4.69, 9.17) is 0 Å². The summed E-state index contributed by atoms with van der Waals surface area (Å²) in [6.45, 7) is 3.90. The van der Waals surface area contributed by atoms with E-state index in [1.807, 2.05) is 49.7 Å². The van der Waals surface area contributed by atoms with Gasteiger partial charge in [-0.15, -0.1) is 0 Å². The second kappa shape index (κ2) is 6.84. The number of fused-ring (bicyclic) bond motifs is 2. The first-order valence-electron chi connectivity index (χ1n) is 9.79. The lowest BCUT2D eigenvalue weighted by Gasteiger charge is -2.12. The van der Waals surface area contributed by atoms with Crippen LogP contribution in [0.2, 0.25) is 0 Å². The minimum atomic E-state index is -0.163. The SMILES string of the molecule is Cc1nc2cnc(-c3ccc4c(ccn4C)c3)c(C)n2c1NC(=O)c1ccccc1. The van der Waals surface area contributed by atoms with Gasteiger partial charge in [0.05, 0.1) is 17.6 Å². The molecule has 6 nitrogen and oxygen atoms in total. The van der Waals surface area contributed by atoms with E-state index < -0.39 is 0 Å². The van der Waals surface area contributed by atoms with Crippen LogP contribution in [0.4, 0.5) is 5.82 Å². The second-order valence-electron chi connectivity index (χ2n) is 7.45. The average molecular weight is 395 g/mol. The molecule has 5 aromatic rings. The van der Waals surface area contributed by atoms with Crippen LogP contribution in [0.5, 0.6) is 0 Å². The molecular weight excluding hydrogens is 374 g/mol. The van der Waals surface area contributed by atoms with Gasteiger partial charge >= 0.3 is 0 Å². The lowest BCUT2D eigenvalue weighted by Crippen LogP contribution is -2.15. The number of carbonyl (C=O) groups excluding carboxylic acids is 1. The minimum Gasteiger partial charge on any atom is -0.351 e. The zero-order chi connectivity index (χ0) is 20.8. The Morgan fingerprint density at radius 2 is 1.83 bits per heavy atom. The first kappa shape index (κ1) is 18.1. The van der Waals surface area contributed by atoms with Gasteiger partial charge in [-0.05, 0) is 44.2 Å². The molecule has 5 rings (SSSR count). The number of anilines is 1. The Hall–Kier alpha value is -3.93. The van der Waals surface area contributed by atoms with Crippen molar-refractivity contribution >= 4 is 28.3 Å². The first-order valence-corrected chi connectivity index (χ1v) is 9.79. The molecule has 30 heavy (non-hydrogen) atoms. The van der Waals surface area contributed by atoms with E-state index >= 15 is 0 Å². The maximum atomic E-state index is 12.8. The summed E-state index contributed by atoms with van der Waals surface area (Å²) in [6.07, 6.45) is 3.80. The Kier molecular flexibility index (Phi) is 4.13. The zero-order valence-electron chi connectivity index (χ0n) is 17.0.